The Balaban J connectivity index is 1.78. The van der Waals surface area contributed by atoms with Gasteiger partial charge in [0.25, 0.3) is 11.8 Å². The first-order chi connectivity index (χ1) is 14.0. The highest BCUT2D eigenvalue weighted by Crippen LogP contribution is 2.36. The van der Waals surface area contributed by atoms with Gasteiger partial charge in [0.15, 0.2) is 0 Å². The standard InChI is InChI=1S/C24H27N3O2/c1-16-6-7-20(18(3)13-16)21-22(26-12-4-5-17(2)14-26)24(29)27(23(21)28)15-19-8-10-25-11-9-19/h6-11,13,17H,4-5,12,14-15H2,1-3H3. The minimum absolute atomic E-state index is 0.184. The third-order valence-corrected chi connectivity index (χ3v) is 5.86. The third-order valence-electron chi connectivity index (χ3n) is 5.86. The Labute approximate surface area is 172 Å². The molecule has 1 atom stereocenters. The summed E-state index contributed by atoms with van der Waals surface area (Å²) in [5, 5.41) is 0. The molecule has 2 aliphatic heterocycles. The van der Waals surface area contributed by atoms with E-state index in [0.29, 0.717) is 17.2 Å². The van der Waals surface area contributed by atoms with E-state index in [2.05, 4.69) is 22.9 Å². The number of carbonyl (C=O) groups is 2. The number of nitrogens with zero attached hydrogens (tertiary/aromatic N) is 3. The van der Waals surface area contributed by atoms with Crippen molar-refractivity contribution >= 4 is 17.4 Å². The van der Waals surface area contributed by atoms with Crippen molar-refractivity contribution in [2.45, 2.75) is 40.2 Å². The lowest BCUT2D eigenvalue weighted by Gasteiger charge is -2.33. The highest BCUT2D eigenvalue weighted by molar-refractivity contribution is 6.35. The minimum atomic E-state index is -0.202. The van der Waals surface area contributed by atoms with Crippen molar-refractivity contribution in [3.63, 3.8) is 0 Å². The zero-order valence-electron chi connectivity index (χ0n) is 17.3. The molecule has 4 rings (SSSR count). The molecule has 0 bridgehead atoms. The Morgan fingerprint density at radius 3 is 2.52 bits per heavy atom. The molecule has 1 fully saturated rings. The number of aryl methyl sites for hydroxylation is 2. The van der Waals surface area contributed by atoms with Gasteiger partial charge in [0.1, 0.15) is 5.70 Å². The third kappa shape index (κ3) is 3.69. The van der Waals surface area contributed by atoms with Crippen LogP contribution in [0.2, 0.25) is 0 Å². The molecule has 3 heterocycles. The number of imide groups is 1. The highest BCUT2D eigenvalue weighted by atomic mass is 16.2. The topological polar surface area (TPSA) is 53.5 Å². The van der Waals surface area contributed by atoms with Crippen LogP contribution in [0.15, 0.2) is 48.4 Å². The molecule has 2 aromatic rings. The minimum Gasteiger partial charge on any atom is -0.366 e. The summed E-state index contributed by atoms with van der Waals surface area (Å²) in [4.78, 5) is 34.5. The smallest absolute Gasteiger partial charge is 0.278 e. The number of aromatic nitrogens is 1. The summed E-state index contributed by atoms with van der Waals surface area (Å²) >= 11 is 0. The van der Waals surface area contributed by atoms with Crippen LogP contribution in [0, 0.1) is 19.8 Å². The molecule has 1 aromatic heterocycles. The van der Waals surface area contributed by atoms with Crippen molar-refractivity contribution < 1.29 is 9.59 Å². The van der Waals surface area contributed by atoms with Gasteiger partial charge in [0.05, 0.1) is 12.1 Å². The van der Waals surface area contributed by atoms with Gasteiger partial charge < -0.3 is 4.90 Å². The van der Waals surface area contributed by atoms with Crippen LogP contribution >= 0.6 is 0 Å². The van der Waals surface area contributed by atoms with Crippen LogP contribution in [0.3, 0.4) is 0 Å². The lowest BCUT2D eigenvalue weighted by molar-refractivity contribution is -0.138. The Hall–Kier alpha value is -2.95. The van der Waals surface area contributed by atoms with E-state index in [-0.39, 0.29) is 18.4 Å². The van der Waals surface area contributed by atoms with E-state index in [9.17, 15) is 9.59 Å². The quantitative estimate of drug-likeness (QED) is 0.748. The fraction of sp³-hybridized carbons (Fsp3) is 0.375. The van der Waals surface area contributed by atoms with E-state index in [1.54, 1.807) is 12.4 Å². The molecular formula is C24H27N3O2. The fourth-order valence-corrected chi connectivity index (χ4v) is 4.40. The highest BCUT2D eigenvalue weighted by Gasteiger charge is 2.42. The Morgan fingerprint density at radius 2 is 1.83 bits per heavy atom. The van der Waals surface area contributed by atoms with Crippen molar-refractivity contribution in [1.82, 2.24) is 14.8 Å². The average Bonchev–Trinajstić information content (AvgIpc) is 2.93. The molecule has 5 heteroatoms. The summed E-state index contributed by atoms with van der Waals surface area (Å²) in [6.45, 7) is 8.15. The van der Waals surface area contributed by atoms with Gasteiger partial charge in [-0.25, -0.2) is 0 Å². The van der Waals surface area contributed by atoms with E-state index >= 15 is 0 Å². The summed E-state index contributed by atoms with van der Waals surface area (Å²) in [6.07, 6.45) is 5.57. The number of pyridine rings is 1. The zero-order chi connectivity index (χ0) is 20.5. The predicted molar refractivity (Wildman–Crippen MR) is 113 cm³/mol. The van der Waals surface area contributed by atoms with Crippen LogP contribution in [0.1, 0.15) is 42.0 Å². The summed E-state index contributed by atoms with van der Waals surface area (Å²) in [5.74, 6) is 0.122. The second-order valence-electron chi connectivity index (χ2n) is 8.29. The number of amides is 2. The maximum atomic E-state index is 13.5. The van der Waals surface area contributed by atoms with Crippen molar-refractivity contribution in [2.24, 2.45) is 5.92 Å². The SMILES string of the molecule is Cc1ccc(C2=C(N3CCCC(C)C3)C(=O)N(Cc3ccncc3)C2=O)c(C)c1. The summed E-state index contributed by atoms with van der Waals surface area (Å²) in [5.41, 5.74) is 5.05. The van der Waals surface area contributed by atoms with Gasteiger partial charge in [-0.05, 0) is 61.4 Å². The molecular weight excluding hydrogens is 362 g/mol. The van der Waals surface area contributed by atoms with Crippen LogP contribution in [0.4, 0.5) is 0 Å². The molecule has 2 amide bonds. The van der Waals surface area contributed by atoms with Gasteiger partial charge in [-0.1, -0.05) is 30.7 Å². The van der Waals surface area contributed by atoms with E-state index in [0.717, 1.165) is 48.2 Å². The number of hydrogen-bond donors (Lipinski definition) is 0. The Kier molecular flexibility index (Phi) is 5.22. The number of rotatable bonds is 4. The maximum absolute atomic E-state index is 13.5. The molecule has 0 N–H and O–H groups in total. The first-order valence-electron chi connectivity index (χ1n) is 10.3. The monoisotopic (exact) mass is 389 g/mol. The molecule has 5 nitrogen and oxygen atoms in total. The molecule has 0 spiro atoms. The van der Waals surface area contributed by atoms with Gasteiger partial charge in [-0.3, -0.25) is 19.5 Å². The first kappa shape index (κ1) is 19.4. The van der Waals surface area contributed by atoms with Crippen molar-refractivity contribution in [1.29, 1.82) is 0 Å². The summed E-state index contributed by atoms with van der Waals surface area (Å²) in [7, 11) is 0. The van der Waals surface area contributed by atoms with Gasteiger partial charge in [-0.2, -0.15) is 0 Å². The molecule has 2 aliphatic rings. The molecule has 150 valence electrons. The molecule has 1 aromatic carbocycles. The van der Waals surface area contributed by atoms with E-state index in [4.69, 9.17) is 0 Å². The summed E-state index contributed by atoms with van der Waals surface area (Å²) in [6, 6.07) is 9.75. The molecule has 0 saturated carbocycles. The normalized spacial score (nSPS) is 20.0. The van der Waals surface area contributed by atoms with Crippen LogP contribution in [0.5, 0.6) is 0 Å². The van der Waals surface area contributed by atoms with E-state index in [1.165, 1.54) is 4.90 Å². The molecule has 1 saturated heterocycles. The van der Waals surface area contributed by atoms with Gasteiger partial charge in [0.2, 0.25) is 0 Å². The molecule has 1 unspecified atom stereocenters. The van der Waals surface area contributed by atoms with Crippen molar-refractivity contribution in [3.05, 3.63) is 70.7 Å². The zero-order valence-corrected chi connectivity index (χ0v) is 17.3. The number of benzene rings is 1. The van der Waals surface area contributed by atoms with E-state index < -0.39 is 0 Å². The Morgan fingerprint density at radius 1 is 1.07 bits per heavy atom. The largest absolute Gasteiger partial charge is 0.366 e. The van der Waals surface area contributed by atoms with Crippen LogP contribution in [0.25, 0.3) is 5.57 Å². The predicted octanol–water partition coefficient (Wildman–Crippen LogP) is 3.71. The molecule has 0 radical (unpaired) electrons. The van der Waals surface area contributed by atoms with Crippen LogP contribution < -0.4 is 0 Å². The fourth-order valence-electron chi connectivity index (χ4n) is 4.40. The number of piperidine rings is 1. The molecule has 29 heavy (non-hydrogen) atoms. The lowest BCUT2D eigenvalue weighted by Crippen LogP contribution is -2.39. The van der Waals surface area contributed by atoms with E-state index in [1.807, 2.05) is 38.1 Å². The van der Waals surface area contributed by atoms with Gasteiger partial charge in [0, 0.05) is 25.5 Å². The molecule has 0 aliphatic carbocycles. The van der Waals surface area contributed by atoms with Crippen molar-refractivity contribution in [2.75, 3.05) is 13.1 Å². The first-order valence-corrected chi connectivity index (χ1v) is 10.3. The van der Waals surface area contributed by atoms with Crippen LogP contribution in [-0.2, 0) is 16.1 Å². The van der Waals surface area contributed by atoms with Gasteiger partial charge >= 0.3 is 0 Å². The van der Waals surface area contributed by atoms with Crippen molar-refractivity contribution in [3.8, 4) is 0 Å². The summed E-state index contributed by atoms with van der Waals surface area (Å²) < 4.78 is 0. The van der Waals surface area contributed by atoms with Crippen LogP contribution in [-0.4, -0.2) is 39.7 Å². The maximum Gasteiger partial charge on any atom is 0.278 e. The second kappa shape index (κ2) is 7.82. The number of likely N-dealkylation sites (tertiary alicyclic amines) is 1. The second-order valence-corrected chi connectivity index (χ2v) is 8.29. The lowest BCUT2D eigenvalue weighted by atomic mass is 9.95. The average molecular weight is 389 g/mol. The number of carbonyl (C=O) groups excluding carboxylic acids is 2. The van der Waals surface area contributed by atoms with Gasteiger partial charge in [-0.15, -0.1) is 0 Å². The number of hydrogen-bond acceptors (Lipinski definition) is 4. The Bertz CT molecular complexity index is 981.